The molecule has 3 aromatic rings. The van der Waals surface area contributed by atoms with Crippen molar-refractivity contribution in [3.8, 4) is 10.6 Å². The van der Waals surface area contributed by atoms with Crippen molar-refractivity contribution >= 4 is 44.8 Å². The van der Waals surface area contributed by atoms with Crippen LogP contribution >= 0.6 is 34.5 Å². The summed E-state index contributed by atoms with van der Waals surface area (Å²) in [5, 5.41) is 2.48. The van der Waals surface area contributed by atoms with E-state index in [0.717, 1.165) is 37.3 Å². The minimum atomic E-state index is 0.727. The minimum absolute atomic E-state index is 0.727. The standard InChI is InChI=1S/C15H11Cl2NS/c1-2-9-6-12(17)8-13-14(9)18-15(19-13)10-4-3-5-11(16)7-10/h3-8H,2H2,1H3. The van der Waals surface area contributed by atoms with Crippen molar-refractivity contribution in [3.63, 3.8) is 0 Å². The van der Waals surface area contributed by atoms with E-state index in [-0.39, 0.29) is 0 Å². The Morgan fingerprint density at radius 2 is 1.95 bits per heavy atom. The Morgan fingerprint density at radius 1 is 1.11 bits per heavy atom. The predicted octanol–water partition coefficient (Wildman–Crippen LogP) is 5.83. The Balaban J connectivity index is 2.21. The Labute approximate surface area is 125 Å². The number of rotatable bonds is 2. The lowest BCUT2D eigenvalue weighted by molar-refractivity contribution is 1.15. The second kappa shape index (κ2) is 5.12. The van der Waals surface area contributed by atoms with Crippen LogP contribution in [0.3, 0.4) is 0 Å². The van der Waals surface area contributed by atoms with Crippen LogP contribution < -0.4 is 0 Å². The monoisotopic (exact) mass is 307 g/mol. The van der Waals surface area contributed by atoms with Crippen LogP contribution in [-0.2, 0) is 6.42 Å². The number of hydrogen-bond acceptors (Lipinski definition) is 2. The quantitative estimate of drug-likeness (QED) is 0.580. The fraction of sp³-hybridized carbons (Fsp3) is 0.133. The second-order valence-electron chi connectivity index (χ2n) is 4.29. The Morgan fingerprint density at radius 3 is 2.68 bits per heavy atom. The lowest BCUT2D eigenvalue weighted by Crippen LogP contribution is -1.83. The maximum atomic E-state index is 6.14. The van der Waals surface area contributed by atoms with Crippen molar-refractivity contribution < 1.29 is 0 Å². The van der Waals surface area contributed by atoms with E-state index in [4.69, 9.17) is 28.2 Å². The third kappa shape index (κ3) is 2.48. The fourth-order valence-electron chi connectivity index (χ4n) is 2.08. The summed E-state index contributed by atoms with van der Waals surface area (Å²) in [7, 11) is 0. The maximum Gasteiger partial charge on any atom is 0.124 e. The van der Waals surface area contributed by atoms with Crippen molar-refractivity contribution in [1.82, 2.24) is 4.98 Å². The van der Waals surface area contributed by atoms with Crippen LogP contribution in [0.1, 0.15) is 12.5 Å². The molecule has 19 heavy (non-hydrogen) atoms. The number of hydrogen-bond donors (Lipinski definition) is 0. The number of aromatic nitrogens is 1. The van der Waals surface area contributed by atoms with Crippen LogP contribution in [-0.4, -0.2) is 4.98 Å². The maximum absolute atomic E-state index is 6.14. The first kappa shape index (κ1) is 12.9. The average molecular weight is 308 g/mol. The SMILES string of the molecule is CCc1cc(Cl)cc2sc(-c3cccc(Cl)c3)nc12. The summed E-state index contributed by atoms with van der Waals surface area (Å²) in [5.41, 5.74) is 3.28. The topological polar surface area (TPSA) is 12.9 Å². The third-order valence-electron chi connectivity index (χ3n) is 2.99. The molecule has 0 unspecified atom stereocenters. The summed E-state index contributed by atoms with van der Waals surface area (Å²) < 4.78 is 1.12. The highest BCUT2D eigenvalue weighted by Crippen LogP contribution is 2.34. The molecule has 0 N–H and O–H groups in total. The number of aryl methyl sites for hydroxylation is 1. The molecule has 0 atom stereocenters. The number of halogens is 2. The van der Waals surface area contributed by atoms with Crippen LogP contribution in [0.15, 0.2) is 36.4 Å². The van der Waals surface area contributed by atoms with Crippen LogP contribution in [0.2, 0.25) is 10.0 Å². The second-order valence-corrected chi connectivity index (χ2v) is 6.20. The molecule has 0 bridgehead atoms. The third-order valence-corrected chi connectivity index (χ3v) is 4.50. The summed E-state index contributed by atoms with van der Waals surface area (Å²) in [5.74, 6) is 0. The lowest BCUT2D eigenvalue weighted by atomic mass is 10.1. The molecule has 0 radical (unpaired) electrons. The first-order valence-electron chi connectivity index (χ1n) is 6.02. The van der Waals surface area contributed by atoms with Crippen LogP contribution in [0, 0.1) is 0 Å². The van der Waals surface area contributed by atoms with E-state index in [9.17, 15) is 0 Å². The molecule has 96 valence electrons. The molecule has 0 fully saturated rings. The number of thiazole rings is 1. The molecule has 2 aromatic carbocycles. The zero-order chi connectivity index (χ0) is 13.4. The highest BCUT2D eigenvalue weighted by molar-refractivity contribution is 7.21. The molecule has 0 aliphatic heterocycles. The molecule has 0 saturated carbocycles. The molecule has 0 amide bonds. The normalized spacial score (nSPS) is 11.1. The van der Waals surface area contributed by atoms with Gasteiger partial charge in [-0.15, -0.1) is 11.3 Å². The zero-order valence-electron chi connectivity index (χ0n) is 10.3. The first-order valence-corrected chi connectivity index (χ1v) is 7.59. The van der Waals surface area contributed by atoms with Crippen molar-refractivity contribution in [1.29, 1.82) is 0 Å². The van der Waals surface area contributed by atoms with Gasteiger partial charge in [-0.1, -0.05) is 42.3 Å². The molecule has 0 spiro atoms. The largest absolute Gasteiger partial charge is 0.236 e. The Kier molecular flexibility index (Phi) is 3.48. The van der Waals surface area contributed by atoms with Gasteiger partial charge in [0.15, 0.2) is 0 Å². The van der Waals surface area contributed by atoms with Gasteiger partial charge >= 0.3 is 0 Å². The lowest BCUT2D eigenvalue weighted by Gasteiger charge is -1.98. The number of fused-ring (bicyclic) bond motifs is 1. The summed E-state index contributed by atoms with van der Waals surface area (Å²) in [6.07, 6.45) is 0.926. The number of benzene rings is 2. The van der Waals surface area contributed by atoms with Crippen molar-refractivity contribution in [2.75, 3.05) is 0 Å². The smallest absolute Gasteiger partial charge is 0.124 e. The molecule has 1 nitrogen and oxygen atoms in total. The van der Waals surface area contributed by atoms with Gasteiger partial charge in [-0.05, 0) is 36.2 Å². The summed E-state index contributed by atoms with van der Waals surface area (Å²) in [4.78, 5) is 4.74. The zero-order valence-corrected chi connectivity index (χ0v) is 12.6. The van der Waals surface area contributed by atoms with Crippen molar-refractivity contribution in [3.05, 3.63) is 52.0 Å². The van der Waals surface area contributed by atoms with Gasteiger partial charge in [0, 0.05) is 15.6 Å². The van der Waals surface area contributed by atoms with Gasteiger partial charge in [0.25, 0.3) is 0 Å². The fourth-order valence-corrected chi connectivity index (χ4v) is 3.62. The minimum Gasteiger partial charge on any atom is -0.236 e. The molecule has 4 heteroatoms. The average Bonchev–Trinajstić information content (AvgIpc) is 2.81. The van der Waals surface area contributed by atoms with E-state index in [1.807, 2.05) is 36.4 Å². The van der Waals surface area contributed by atoms with E-state index in [0.29, 0.717) is 0 Å². The molecular formula is C15H11Cl2NS. The van der Waals surface area contributed by atoms with E-state index in [1.165, 1.54) is 5.56 Å². The van der Waals surface area contributed by atoms with Gasteiger partial charge in [-0.25, -0.2) is 4.98 Å². The molecule has 0 saturated heterocycles. The predicted molar refractivity (Wildman–Crippen MR) is 84.5 cm³/mol. The van der Waals surface area contributed by atoms with Crippen LogP contribution in [0.25, 0.3) is 20.8 Å². The molecule has 1 heterocycles. The highest BCUT2D eigenvalue weighted by Gasteiger charge is 2.10. The summed E-state index contributed by atoms with van der Waals surface area (Å²) in [6, 6.07) is 11.7. The van der Waals surface area contributed by atoms with Crippen LogP contribution in [0.4, 0.5) is 0 Å². The van der Waals surface area contributed by atoms with Gasteiger partial charge in [0.05, 0.1) is 10.2 Å². The molecule has 1 aromatic heterocycles. The molecule has 0 aliphatic rings. The molecular weight excluding hydrogens is 297 g/mol. The van der Waals surface area contributed by atoms with E-state index >= 15 is 0 Å². The van der Waals surface area contributed by atoms with E-state index < -0.39 is 0 Å². The van der Waals surface area contributed by atoms with Gasteiger partial charge in [-0.3, -0.25) is 0 Å². The van der Waals surface area contributed by atoms with Crippen molar-refractivity contribution in [2.24, 2.45) is 0 Å². The van der Waals surface area contributed by atoms with E-state index in [1.54, 1.807) is 11.3 Å². The van der Waals surface area contributed by atoms with E-state index in [2.05, 4.69) is 6.92 Å². The van der Waals surface area contributed by atoms with Crippen molar-refractivity contribution in [2.45, 2.75) is 13.3 Å². The Hall–Kier alpha value is -1.09. The summed E-state index contributed by atoms with van der Waals surface area (Å²) >= 11 is 13.8. The highest BCUT2D eigenvalue weighted by atomic mass is 35.5. The van der Waals surface area contributed by atoms with Crippen LogP contribution in [0.5, 0.6) is 0 Å². The van der Waals surface area contributed by atoms with Gasteiger partial charge < -0.3 is 0 Å². The molecule has 0 aliphatic carbocycles. The Bertz CT molecular complexity index is 749. The first-order chi connectivity index (χ1) is 9.17. The van der Waals surface area contributed by atoms with Gasteiger partial charge in [0.1, 0.15) is 5.01 Å². The van der Waals surface area contributed by atoms with Gasteiger partial charge in [-0.2, -0.15) is 0 Å². The summed E-state index contributed by atoms with van der Waals surface area (Å²) in [6.45, 7) is 2.11. The van der Waals surface area contributed by atoms with Gasteiger partial charge in [0.2, 0.25) is 0 Å². The number of nitrogens with zero attached hydrogens (tertiary/aromatic N) is 1. The molecule has 3 rings (SSSR count).